The number of rotatable bonds is 7. The van der Waals surface area contributed by atoms with Crippen molar-refractivity contribution < 1.29 is 9.59 Å². The van der Waals surface area contributed by atoms with Gasteiger partial charge in [0.1, 0.15) is 0 Å². The van der Waals surface area contributed by atoms with Gasteiger partial charge in [0.25, 0.3) is 5.91 Å². The van der Waals surface area contributed by atoms with Crippen LogP contribution in [-0.4, -0.2) is 36.3 Å². The molecule has 1 aromatic carbocycles. The molecule has 4 nitrogen and oxygen atoms in total. The quantitative estimate of drug-likeness (QED) is 0.777. The summed E-state index contributed by atoms with van der Waals surface area (Å²) in [5, 5.41) is 2.80. The van der Waals surface area contributed by atoms with Crippen molar-refractivity contribution >= 4 is 17.9 Å². The van der Waals surface area contributed by atoms with Crippen molar-refractivity contribution in [3.63, 3.8) is 0 Å². The Morgan fingerprint density at radius 3 is 2.75 bits per heavy atom. The summed E-state index contributed by atoms with van der Waals surface area (Å²) >= 11 is 0. The summed E-state index contributed by atoms with van der Waals surface area (Å²) in [5.74, 6) is 0.251. The van der Waals surface area contributed by atoms with Gasteiger partial charge in [0.15, 0.2) is 0 Å². The number of unbranched alkanes of at least 4 members (excludes halogenated alkanes) is 1. The standard InChI is InChI=1S/C20H28N2O2/c1-2-21-20(24)18-12-9-11-17(16-18)10-5-3-6-13-19(23)22-14-7-4-8-15-22/h5,9-12,16H,2-4,6-8,13-15H2,1H3,(H,21,24)/b10-5-. The number of benzene rings is 1. The first-order valence-electron chi connectivity index (χ1n) is 9.03. The van der Waals surface area contributed by atoms with Crippen molar-refractivity contribution in [1.29, 1.82) is 0 Å². The van der Waals surface area contributed by atoms with Gasteiger partial charge < -0.3 is 10.2 Å². The molecule has 0 saturated carbocycles. The first-order valence-corrected chi connectivity index (χ1v) is 9.03. The van der Waals surface area contributed by atoms with Crippen LogP contribution < -0.4 is 5.32 Å². The molecule has 1 heterocycles. The highest BCUT2D eigenvalue weighted by Gasteiger charge is 2.15. The summed E-state index contributed by atoms with van der Waals surface area (Å²) in [6.07, 6.45) is 10.0. The van der Waals surface area contributed by atoms with E-state index in [4.69, 9.17) is 0 Å². The van der Waals surface area contributed by atoms with Crippen molar-refractivity contribution in [2.75, 3.05) is 19.6 Å². The van der Waals surface area contributed by atoms with E-state index in [1.165, 1.54) is 6.42 Å². The third kappa shape index (κ3) is 5.84. The van der Waals surface area contributed by atoms with Crippen LogP contribution in [0.4, 0.5) is 0 Å². The van der Waals surface area contributed by atoms with E-state index in [1.807, 2.05) is 42.2 Å². The Labute approximate surface area is 144 Å². The average molecular weight is 328 g/mol. The molecule has 4 heteroatoms. The third-order valence-corrected chi connectivity index (χ3v) is 4.27. The van der Waals surface area contributed by atoms with Crippen LogP contribution in [0, 0.1) is 0 Å². The van der Waals surface area contributed by atoms with Gasteiger partial charge in [0.2, 0.25) is 5.91 Å². The molecule has 0 unspecified atom stereocenters. The van der Waals surface area contributed by atoms with Crippen LogP contribution in [0.2, 0.25) is 0 Å². The smallest absolute Gasteiger partial charge is 0.251 e. The van der Waals surface area contributed by atoms with Gasteiger partial charge in [-0.3, -0.25) is 9.59 Å². The molecule has 1 fully saturated rings. The summed E-state index contributed by atoms with van der Waals surface area (Å²) < 4.78 is 0. The molecule has 0 radical (unpaired) electrons. The molecule has 1 aliphatic rings. The van der Waals surface area contributed by atoms with Crippen LogP contribution in [0.15, 0.2) is 30.3 Å². The molecule has 130 valence electrons. The Morgan fingerprint density at radius 2 is 2.00 bits per heavy atom. The van der Waals surface area contributed by atoms with Crippen molar-refractivity contribution in [3.8, 4) is 0 Å². The molecule has 0 aromatic heterocycles. The number of hydrogen-bond acceptors (Lipinski definition) is 2. The lowest BCUT2D eigenvalue weighted by molar-refractivity contribution is -0.132. The van der Waals surface area contributed by atoms with Gasteiger partial charge in [-0.25, -0.2) is 0 Å². The predicted molar refractivity (Wildman–Crippen MR) is 97.8 cm³/mol. The normalized spacial score (nSPS) is 14.8. The van der Waals surface area contributed by atoms with Crippen LogP contribution in [0.25, 0.3) is 6.08 Å². The Balaban J connectivity index is 1.74. The second kappa shape index (κ2) is 9.91. The number of carbonyl (C=O) groups excluding carboxylic acids is 2. The van der Waals surface area contributed by atoms with Crippen LogP contribution >= 0.6 is 0 Å². The van der Waals surface area contributed by atoms with Crippen LogP contribution in [0.5, 0.6) is 0 Å². The Bertz CT molecular complexity index is 575. The fourth-order valence-corrected chi connectivity index (χ4v) is 2.94. The molecule has 1 aliphatic heterocycles. The second-order valence-corrected chi connectivity index (χ2v) is 6.22. The van der Waals surface area contributed by atoms with Crippen molar-refractivity contribution in [1.82, 2.24) is 10.2 Å². The Kier molecular flexibility index (Phi) is 7.53. The molecule has 1 N–H and O–H groups in total. The van der Waals surface area contributed by atoms with Crippen LogP contribution in [0.3, 0.4) is 0 Å². The van der Waals surface area contributed by atoms with Gasteiger partial charge in [0.05, 0.1) is 0 Å². The zero-order valence-electron chi connectivity index (χ0n) is 14.6. The molecular weight excluding hydrogens is 300 g/mol. The van der Waals surface area contributed by atoms with E-state index in [-0.39, 0.29) is 5.91 Å². The van der Waals surface area contributed by atoms with Crippen LogP contribution in [-0.2, 0) is 4.79 Å². The Morgan fingerprint density at radius 1 is 1.21 bits per heavy atom. The van der Waals surface area contributed by atoms with Gasteiger partial charge in [-0.15, -0.1) is 0 Å². The minimum Gasteiger partial charge on any atom is -0.352 e. The predicted octanol–water partition coefficient (Wildman–Crippen LogP) is 3.63. The van der Waals surface area contributed by atoms with Crippen molar-refractivity contribution in [2.24, 2.45) is 0 Å². The second-order valence-electron chi connectivity index (χ2n) is 6.22. The van der Waals surface area contributed by atoms with Crippen molar-refractivity contribution in [3.05, 3.63) is 41.5 Å². The lowest BCUT2D eigenvalue weighted by Gasteiger charge is -2.26. The number of nitrogens with one attached hydrogen (secondary N) is 1. The monoisotopic (exact) mass is 328 g/mol. The first-order chi connectivity index (χ1) is 11.7. The van der Waals surface area contributed by atoms with Gasteiger partial charge in [-0.1, -0.05) is 24.3 Å². The molecule has 0 atom stereocenters. The fraction of sp³-hybridized carbons (Fsp3) is 0.500. The first kappa shape index (κ1) is 18.2. The molecule has 2 rings (SSSR count). The number of allylic oxidation sites excluding steroid dienone is 1. The molecule has 1 aromatic rings. The van der Waals surface area contributed by atoms with Crippen LogP contribution in [0.1, 0.15) is 61.4 Å². The maximum Gasteiger partial charge on any atom is 0.251 e. The molecule has 2 amide bonds. The van der Waals surface area contributed by atoms with Crippen molar-refractivity contribution in [2.45, 2.75) is 45.4 Å². The minimum absolute atomic E-state index is 0.0418. The molecule has 0 spiro atoms. The number of hydrogen-bond donors (Lipinski definition) is 1. The summed E-state index contributed by atoms with van der Waals surface area (Å²) in [7, 11) is 0. The van der Waals surface area contributed by atoms with Gasteiger partial charge in [-0.2, -0.15) is 0 Å². The van der Waals surface area contributed by atoms with Gasteiger partial charge in [-0.05, 0) is 56.7 Å². The van der Waals surface area contributed by atoms with E-state index in [0.717, 1.165) is 44.3 Å². The number of carbonyl (C=O) groups is 2. The maximum atomic E-state index is 12.1. The number of nitrogens with zero attached hydrogens (tertiary/aromatic N) is 1. The van der Waals surface area contributed by atoms with E-state index in [9.17, 15) is 9.59 Å². The SMILES string of the molecule is CCNC(=O)c1cccc(/C=C\CCCC(=O)N2CCCCC2)c1. The fourth-order valence-electron chi connectivity index (χ4n) is 2.94. The highest BCUT2D eigenvalue weighted by Crippen LogP contribution is 2.12. The topological polar surface area (TPSA) is 49.4 Å². The van der Waals surface area contributed by atoms with E-state index < -0.39 is 0 Å². The number of amides is 2. The van der Waals surface area contributed by atoms with Gasteiger partial charge >= 0.3 is 0 Å². The summed E-state index contributed by atoms with van der Waals surface area (Å²) in [5.41, 5.74) is 1.69. The number of likely N-dealkylation sites (tertiary alicyclic amines) is 1. The Hall–Kier alpha value is -2.10. The average Bonchev–Trinajstić information content (AvgIpc) is 2.62. The molecular formula is C20H28N2O2. The van der Waals surface area contributed by atoms with E-state index >= 15 is 0 Å². The summed E-state index contributed by atoms with van der Waals surface area (Å²) in [6, 6.07) is 7.59. The van der Waals surface area contributed by atoms with E-state index in [0.29, 0.717) is 24.4 Å². The number of piperidine rings is 1. The zero-order valence-corrected chi connectivity index (χ0v) is 14.6. The highest BCUT2D eigenvalue weighted by atomic mass is 16.2. The zero-order chi connectivity index (χ0) is 17.2. The van der Waals surface area contributed by atoms with Gasteiger partial charge in [0, 0.05) is 31.6 Å². The molecule has 1 saturated heterocycles. The molecule has 0 aliphatic carbocycles. The maximum absolute atomic E-state index is 12.1. The summed E-state index contributed by atoms with van der Waals surface area (Å²) in [6.45, 7) is 4.40. The molecule has 24 heavy (non-hydrogen) atoms. The largest absolute Gasteiger partial charge is 0.352 e. The minimum atomic E-state index is -0.0418. The lowest BCUT2D eigenvalue weighted by atomic mass is 10.1. The van der Waals surface area contributed by atoms with E-state index in [2.05, 4.69) is 11.4 Å². The molecule has 0 bridgehead atoms. The van der Waals surface area contributed by atoms with E-state index in [1.54, 1.807) is 0 Å². The lowest BCUT2D eigenvalue weighted by Crippen LogP contribution is -2.35. The third-order valence-electron chi connectivity index (χ3n) is 4.27. The summed E-state index contributed by atoms with van der Waals surface area (Å²) in [4.78, 5) is 25.9. The highest BCUT2D eigenvalue weighted by molar-refractivity contribution is 5.94.